The Morgan fingerprint density at radius 3 is 2.40 bits per heavy atom. The number of rotatable bonds is 4. The molecule has 4 rings (SSSR count). The van der Waals surface area contributed by atoms with Crippen LogP contribution < -0.4 is 5.01 Å². The van der Waals surface area contributed by atoms with E-state index in [1.807, 2.05) is 49.4 Å². The number of halogens is 2. The lowest BCUT2D eigenvalue weighted by Crippen LogP contribution is -2.50. The predicted molar refractivity (Wildman–Crippen MR) is 119 cm³/mol. The van der Waals surface area contributed by atoms with E-state index in [2.05, 4.69) is 5.10 Å². The maximum Gasteiger partial charge on any atom is 0.309 e. The number of hydrazine groups is 1. The number of carbonyl (C=O) groups excluding carboxylic acids is 1. The van der Waals surface area contributed by atoms with Gasteiger partial charge in [-0.1, -0.05) is 60.8 Å². The van der Waals surface area contributed by atoms with Crippen molar-refractivity contribution < 1.29 is 10.0 Å². The van der Waals surface area contributed by atoms with E-state index >= 15 is 0 Å². The second-order valence-electron chi connectivity index (χ2n) is 7.68. The van der Waals surface area contributed by atoms with Gasteiger partial charge in [-0.25, -0.2) is 0 Å². The van der Waals surface area contributed by atoms with Crippen LogP contribution >= 0.6 is 23.2 Å². The minimum atomic E-state index is -0.502. The van der Waals surface area contributed by atoms with Gasteiger partial charge in [0.2, 0.25) is 0 Å². The molecular weight excluding hydrogens is 423 g/mol. The molecule has 8 heteroatoms. The molecule has 0 radical (unpaired) electrons. The molecule has 1 amide bonds. The Morgan fingerprint density at radius 1 is 1.07 bits per heavy atom. The second kappa shape index (κ2) is 8.94. The Kier molecular flexibility index (Phi) is 6.29. The summed E-state index contributed by atoms with van der Waals surface area (Å²) in [6.45, 7) is 3.24. The summed E-state index contributed by atoms with van der Waals surface area (Å²) >= 11 is 12.5. The first-order valence-corrected chi connectivity index (χ1v) is 10.9. The highest BCUT2D eigenvalue weighted by Crippen LogP contribution is 2.42. The van der Waals surface area contributed by atoms with Crippen molar-refractivity contribution in [1.29, 1.82) is 0 Å². The number of amides is 1. The summed E-state index contributed by atoms with van der Waals surface area (Å²) in [6.07, 6.45) is 3.01. The van der Waals surface area contributed by atoms with E-state index < -0.39 is 5.91 Å². The molecule has 1 fully saturated rings. The number of hydrazone groups is 1. The van der Waals surface area contributed by atoms with E-state index in [4.69, 9.17) is 23.2 Å². The third-order valence-corrected chi connectivity index (χ3v) is 6.27. The topological polar surface area (TPSA) is 59.4 Å². The summed E-state index contributed by atoms with van der Waals surface area (Å²) in [6, 6.07) is 14.6. The highest BCUT2D eigenvalue weighted by atomic mass is 35.5. The number of hydroxylamine groups is 1. The van der Waals surface area contributed by atoms with Crippen LogP contribution in [0.3, 0.4) is 0 Å². The minimum Gasteiger partial charge on any atom is -0.270 e. The van der Waals surface area contributed by atoms with E-state index in [-0.39, 0.29) is 12.0 Å². The van der Waals surface area contributed by atoms with Crippen molar-refractivity contribution in [2.45, 2.75) is 32.2 Å². The van der Waals surface area contributed by atoms with Gasteiger partial charge in [-0.3, -0.25) is 15.0 Å². The molecule has 0 aromatic heterocycles. The molecule has 30 heavy (non-hydrogen) atoms. The SMILES string of the molecule is CC1C(C(=O)N(O)N2CCCCC2)=NN(c2ccccc2Cl)C1c1ccc(Cl)cc1. The van der Waals surface area contributed by atoms with Crippen molar-refractivity contribution in [3.63, 3.8) is 0 Å². The smallest absolute Gasteiger partial charge is 0.270 e. The molecule has 2 aliphatic rings. The summed E-state index contributed by atoms with van der Waals surface area (Å²) < 4.78 is 0. The zero-order chi connectivity index (χ0) is 21.3. The minimum absolute atomic E-state index is 0.254. The lowest BCUT2D eigenvalue weighted by molar-refractivity contribution is -0.235. The van der Waals surface area contributed by atoms with Crippen molar-refractivity contribution in [2.24, 2.45) is 11.0 Å². The van der Waals surface area contributed by atoms with E-state index in [1.165, 1.54) is 0 Å². The molecule has 1 saturated heterocycles. The van der Waals surface area contributed by atoms with Crippen molar-refractivity contribution in [2.75, 3.05) is 18.1 Å². The molecule has 2 aromatic rings. The summed E-state index contributed by atoms with van der Waals surface area (Å²) in [5.41, 5.74) is 1.96. The number of hydrogen-bond donors (Lipinski definition) is 1. The zero-order valence-electron chi connectivity index (χ0n) is 16.7. The summed E-state index contributed by atoms with van der Waals surface area (Å²) in [5, 5.41) is 20.6. The number of anilines is 1. The highest BCUT2D eigenvalue weighted by Gasteiger charge is 2.42. The molecule has 2 atom stereocenters. The van der Waals surface area contributed by atoms with Crippen LogP contribution in [0.15, 0.2) is 53.6 Å². The fourth-order valence-corrected chi connectivity index (χ4v) is 4.45. The van der Waals surface area contributed by atoms with Crippen molar-refractivity contribution in [3.05, 3.63) is 64.1 Å². The first-order chi connectivity index (χ1) is 14.5. The fraction of sp³-hybridized carbons (Fsp3) is 0.364. The van der Waals surface area contributed by atoms with Crippen molar-refractivity contribution >= 4 is 40.5 Å². The number of nitrogens with zero attached hydrogens (tertiary/aromatic N) is 4. The quantitative estimate of drug-likeness (QED) is 0.519. The van der Waals surface area contributed by atoms with Crippen LogP contribution in [0.5, 0.6) is 0 Å². The van der Waals surface area contributed by atoms with Gasteiger partial charge in [0.1, 0.15) is 5.71 Å². The summed E-state index contributed by atoms with van der Waals surface area (Å²) in [7, 11) is 0. The van der Waals surface area contributed by atoms with E-state index in [1.54, 1.807) is 16.1 Å². The number of hydrogen-bond acceptors (Lipinski definition) is 5. The molecule has 0 saturated carbocycles. The van der Waals surface area contributed by atoms with Gasteiger partial charge < -0.3 is 0 Å². The van der Waals surface area contributed by atoms with Crippen LogP contribution in [0.25, 0.3) is 0 Å². The first-order valence-electron chi connectivity index (χ1n) is 10.1. The Hall–Kier alpha value is -2.12. The normalized spacial score (nSPS) is 22.1. The average molecular weight is 447 g/mol. The van der Waals surface area contributed by atoms with Gasteiger partial charge in [0.15, 0.2) is 0 Å². The molecule has 2 unspecified atom stereocenters. The number of carbonyl (C=O) groups is 1. The van der Waals surface area contributed by atoms with Gasteiger partial charge in [0.05, 0.1) is 16.8 Å². The fourth-order valence-electron chi connectivity index (χ4n) is 4.10. The molecule has 158 valence electrons. The summed E-state index contributed by atoms with van der Waals surface area (Å²) in [4.78, 5) is 13.2. The summed E-state index contributed by atoms with van der Waals surface area (Å²) in [5.74, 6) is -0.771. The van der Waals surface area contributed by atoms with Crippen LogP contribution in [0.1, 0.15) is 37.8 Å². The van der Waals surface area contributed by atoms with E-state index in [9.17, 15) is 10.0 Å². The van der Waals surface area contributed by atoms with Crippen molar-refractivity contribution in [1.82, 2.24) is 10.2 Å². The van der Waals surface area contributed by atoms with Gasteiger partial charge in [-0.2, -0.15) is 10.1 Å². The monoisotopic (exact) mass is 446 g/mol. The van der Waals surface area contributed by atoms with Crippen LogP contribution in [0.4, 0.5) is 5.69 Å². The van der Waals surface area contributed by atoms with Gasteiger partial charge in [-0.15, -0.1) is 5.17 Å². The van der Waals surface area contributed by atoms with Gasteiger partial charge in [0.25, 0.3) is 0 Å². The molecule has 2 aromatic carbocycles. The third-order valence-electron chi connectivity index (χ3n) is 5.70. The van der Waals surface area contributed by atoms with Crippen LogP contribution in [-0.4, -0.2) is 40.1 Å². The molecule has 2 heterocycles. The maximum absolute atomic E-state index is 13.2. The van der Waals surface area contributed by atoms with Gasteiger partial charge in [-0.05, 0) is 42.7 Å². The maximum atomic E-state index is 13.2. The number of benzene rings is 2. The first kappa shape index (κ1) is 21.1. The lowest BCUT2D eigenvalue weighted by atomic mass is 9.91. The predicted octanol–water partition coefficient (Wildman–Crippen LogP) is 5.17. The van der Waals surface area contributed by atoms with E-state index in [0.717, 1.165) is 30.0 Å². The number of piperidine rings is 1. The largest absolute Gasteiger partial charge is 0.309 e. The molecule has 0 bridgehead atoms. The molecule has 0 spiro atoms. The molecule has 6 nitrogen and oxygen atoms in total. The lowest BCUT2D eigenvalue weighted by Gasteiger charge is -2.32. The zero-order valence-corrected chi connectivity index (χ0v) is 18.2. The van der Waals surface area contributed by atoms with Crippen LogP contribution in [0, 0.1) is 5.92 Å². The standard InChI is InChI=1S/C22H24Cl2N4O2/c1-15-20(22(29)28(30)26-13-5-2-6-14-26)25-27(19-8-4-3-7-18(19)24)21(15)16-9-11-17(23)12-10-16/h3-4,7-12,15,21,30H,2,5-6,13-14H2,1H3. The Labute approximate surface area is 186 Å². The molecule has 1 N–H and O–H groups in total. The highest BCUT2D eigenvalue weighted by molar-refractivity contribution is 6.40. The van der Waals surface area contributed by atoms with Gasteiger partial charge in [0, 0.05) is 24.0 Å². The van der Waals surface area contributed by atoms with Crippen LogP contribution in [0.2, 0.25) is 10.0 Å². The molecule has 2 aliphatic heterocycles. The molecular formula is C22H24Cl2N4O2. The Balaban J connectivity index is 1.70. The Morgan fingerprint density at radius 2 is 1.73 bits per heavy atom. The van der Waals surface area contributed by atoms with Gasteiger partial charge >= 0.3 is 5.91 Å². The third kappa shape index (κ3) is 4.05. The number of para-hydroxylation sites is 1. The van der Waals surface area contributed by atoms with Crippen LogP contribution in [-0.2, 0) is 4.79 Å². The molecule has 0 aliphatic carbocycles. The van der Waals surface area contributed by atoms with E-state index in [0.29, 0.717) is 34.5 Å². The van der Waals surface area contributed by atoms with Crippen molar-refractivity contribution in [3.8, 4) is 0 Å². The Bertz CT molecular complexity index is 944. The average Bonchev–Trinajstić information content (AvgIpc) is 3.11. The second-order valence-corrected chi connectivity index (χ2v) is 8.52.